The number of nitrogens with zero attached hydrogens (tertiary/aromatic N) is 1. The van der Waals surface area contributed by atoms with Gasteiger partial charge in [0.1, 0.15) is 5.82 Å². The van der Waals surface area contributed by atoms with Gasteiger partial charge >= 0.3 is 0 Å². The van der Waals surface area contributed by atoms with Crippen LogP contribution in [-0.2, 0) is 9.73 Å². The highest BCUT2D eigenvalue weighted by atomic mass is 32.2. The summed E-state index contributed by atoms with van der Waals surface area (Å²) in [6.07, 6.45) is 0.969. The lowest BCUT2D eigenvalue weighted by atomic mass is 10.2. The standard InChI is InChI=1S/C10H12FNOS/c1-8-9(11)4-2-5-10(8)12-14(13)6-3-7-14/h2,4-5H,3,6-7H2,1H3. The first kappa shape index (κ1) is 9.65. The van der Waals surface area contributed by atoms with Gasteiger partial charge in [0.25, 0.3) is 0 Å². The van der Waals surface area contributed by atoms with Crippen molar-refractivity contribution in [3.8, 4) is 0 Å². The first-order chi connectivity index (χ1) is 6.61. The molecule has 0 spiro atoms. The average Bonchev–Trinajstić information content (AvgIpc) is 2.10. The molecule has 2 nitrogen and oxygen atoms in total. The minimum atomic E-state index is -2.02. The molecule has 0 radical (unpaired) electrons. The van der Waals surface area contributed by atoms with E-state index in [1.54, 1.807) is 19.1 Å². The molecule has 0 amide bonds. The Kier molecular flexibility index (Phi) is 2.31. The van der Waals surface area contributed by atoms with E-state index in [0.717, 1.165) is 6.42 Å². The van der Waals surface area contributed by atoms with Crippen molar-refractivity contribution in [2.24, 2.45) is 4.36 Å². The molecule has 14 heavy (non-hydrogen) atoms. The molecule has 0 unspecified atom stereocenters. The monoisotopic (exact) mass is 213 g/mol. The fraction of sp³-hybridized carbons (Fsp3) is 0.400. The summed E-state index contributed by atoms with van der Waals surface area (Å²) in [5.41, 5.74) is 1.02. The molecule has 1 aromatic carbocycles. The zero-order valence-electron chi connectivity index (χ0n) is 8.00. The molecule has 1 fully saturated rings. The van der Waals surface area contributed by atoms with Crippen LogP contribution in [0.3, 0.4) is 0 Å². The third-order valence-electron chi connectivity index (χ3n) is 2.43. The lowest BCUT2D eigenvalue weighted by Gasteiger charge is -2.18. The van der Waals surface area contributed by atoms with Gasteiger partial charge < -0.3 is 0 Å². The van der Waals surface area contributed by atoms with Gasteiger partial charge in [0.2, 0.25) is 0 Å². The Morgan fingerprint density at radius 1 is 1.43 bits per heavy atom. The lowest BCUT2D eigenvalue weighted by molar-refractivity contribution is 0.619. The smallest absolute Gasteiger partial charge is 0.128 e. The molecule has 1 aliphatic rings. The molecule has 76 valence electrons. The molecular formula is C10H12FNOS. The van der Waals surface area contributed by atoms with Crippen molar-refractivity contribution in [3.63, 3.8) is 0 Å². The Bertz CT molecular complexity index is 465. The number of halogens is 1. The van der Waals surface area contributed by atoms with E-state index < -0.39 is 9.73 Å². The molecule has 1 aliphatic heterocycles. The van der Waals surface area contributed by atoms with Crippen LogP contribution in [0.1, 0.15) is 12.0 Å². The molecule has 0 aliphatic carbocycles. The molecule has 0 aromatic heterocycles. The molecule has 1 aromatic rings. The van der Waals surface area contributed by atoms with Crippen molar-refractivity contribution < 1.29 is 8.60 Å². The molecule has 0 atom stereocenters. The van der Waals surface area contributed by atoms with Crippen LogP contribution >= 0.6 is 0 Å². The van der Waals surface area contributed by atoms with Crippen molar-refractivity contribution >= 4 is 15.4 Å². The van der Waals surface area contributed by atoms with Gasteiger partial charge in [-0.05, 0) is 25.5 Å². The summed E-state index contributed by atoms with van der Waals surface area (Å²) >= 11 is 0. The fourth-order valence-electron chi connectivity index (χ4n) is 1.36. The molecular weight excluding hydrogens is 201 g/mol. The van der Waals surface area contributed by atoms with E-state index in [-0.39, 0.29) is 5.82 Å². The predicted octanol–water partition coefficient (Wildman–Crippen LogP) is 2.64. The van der Waals surface area contributed by atoms with Crippen molar-refractivity contribution in [3.05, 3.63) is 29.6 Å². The van der Waals surface area contributed by atoms with E-state index in [9.17, 15) is 8.60 Å². The molecule has 2 rings (SSSR count). The largest absolute Gasteiger partial charge is 0.249 e. The van der Waals surface area contributed by atoms with E-state index in [1.807, 2.05) is 0 Å². The van der Waals surface area contributed by atoms with E-state index in [2.05, 4.69) is 4.36 Å². The van der Waals surface area contributed by atoms with Crippen molar-refractivity contribution in [1.29, 1.82) is 0 Å². The van der Waals surface area contributed by atoms with Crippen LogP contribution in [0.2, 0.25) is 0 Å². The van der Waals surface area contributed by atoms with Gasteiger partial charge in [0.15, 0.2) is 0 Å². The Morgan fingerprint density at radius 2 is 2.14 bits per heavy atom. The molecule has 1 heterocycles. The van der Waals surface area contributed by atoms with Crippen molar-refractivity contribution in [1.82, 2.24) is 0 Å². The third kappa shape index (κ3) is 1.66. The van der Waals surface area contributed by atoms with Crippen LogP contribution < -0.4 is 0 Å². The maximum absolute atomic E-state index is 13.1. The fourth-order valence-corrected chi connectivity index (χ4v) is 2.88. The van der Waals surface area contributed by atoms with Gasteiger partial charge in [-0.3, -0.25) is 0 Å². The second kappa shape index (κ2) is 3.35. The lowest BCUT2D eigenvalue weighted by Crippen LogP contribution is -2.23. The first-order valence-corrected chi connectivity index (χ1v) is 6.44. The molecule has 0 bridgehead atoms. The quantitative estimate of drug-likeness (QED) is 0.705. The second-order valence-corrected chi connectivity index (χ2v) is 6.05. The van der Waals surface area contributed by atoms with Crippen molar-refractivity contribution in [2.45, 2.75) is 13.3 Å². The van der Waals surface area contributed by atoms with Crippen LogP contribution in [0.15, 0.2) is 22.6 Å². The number of hydrogen-bond donors (Lipinski definition) is 0. The highest BCUT2D eigenvalue weighted by molar-refractivity contribution is 7.95. The minimum Gasteiger partial charge on any atom is -0.249 e. The number of hydrogen-bond acceptors (Lipinski definition) is 2. The number of rotatable bonds is 1. The first-order valence-electron chi connectivity index (χ1n) is 4.58. The topological polar surface area (TPSA) is 29.4 Å². The zero-order valence-corrected chi connectivity index (χ0v) is 8.81. The molecule has 4 heteroatoms. The predicted molar refractivity (Wildman–Crippen MR) is 55.7 cm³/mol. The summed E-state index contributed by atoms with van der Waals surface area (Å²) < 4.78 is 29.1. The van der Waals surface area contributed by atoms with Gasteiger partial charge in [0, 0.05) is 17.1 Å². The summed E-state index contributed by atoms with van der Waals surface area (Å²) in [5.74, 6) is 1.03. The molecule has 0 N–H and O–H groups in total. The highest BCUT2D eigenvalue weighted by Crippen LogP contribution is 2.25. The Hall–Kier alpha value is -0.900. The summed E-state index contributed by atoms with van der Waals surface area (Å²) in [6, 6.07) is 4.70. The minimum absolute atomic E-state index is 0.284. The second-order valence-electron chi connectivity index (χ2n) is 3.51. The summed E-state index contributed by atoms with van der Waals surface area (Å²) in [6.45, 7) is 1.66. The van der Waals surface area contributed by atoms with Gasteiger partial charge in [-0.25, -0.2) is 8.60 Å². The summed E-state index contributed by atoms with van der Waals surface area (Å²) in [5, 5.41) is 0. The highest BCUT2D eigenvalue weighted by Gasteiger charge is 2.19. The summed E-state index contributed by atoms with van der Waals surface area (Å²) in [4.78, 5) is 0. The van der Waals surface area contributed by atoms with E-state index in [1.165, 1.54) is 6.07 Å². The van der Waals surface area contributed by atoms with Gasteiger partial charge in [-0.1, -0.05) is 6.07 Å². The van der Waals surface area contributed by atoms with Gasteiger partial charge in [-0.2, -0.15) is 4.36 Å². The van der Waals surface area contributed by atoms with E-state index in [4.69, 9.17) is 0 Å². The van der Waals surface area contributed by atoms with Crippen LogP contribution in [0.25, 0.3) is 0 Å². The van der Waals surface area contributed by atoms with Crippen LogP contribution in [0.4, 0.5) is 10.1 Å². The average molecular weight is 213 g/mol. The maximum atomic E-state index is 13.1. The van der Waals surface area contributed by atoms with Gasteiger partial charge in [-0.15, -0.1) is 0 Å². The van der Waals surface area contributed by atoms with E-state index in [0.29, 0.717) is 22.8 Å². The molecule has 1 saturated heterocycles. The Balaban J connectivity index is 2.48. The summed E-state index contributed by atoms with van der Waals surface area (Å²) in [7, 11) is -2.02. The maximum Gasteiger partial charge on any atom is 0.128 e. The third-order valence-corrected chi connectivity index (χ3v) is 4.81. The SMILES string of the molecule is Cc1c(F)cccc1N=S1(=O)CCC1. The number of benzene rings is 1. The molecule has 0 saturated carbocycles. The van der Waals surface area contributed by atoms with Crippen LogP contribution in [0, 0.1) is 12.7 Å². The van der Waals surface area contributed by atoms with Crippen LogP contribution in [-0.4, -0.2) is 15.7 Å². The Labute approximate surface area is 83.3 Å². The van der Waals surface area contributed by atoms with E-state index >= 15 is 0 Å². The van der Waals surface area contributed by atoms with Gasteiger partial charge in [0.05, 0.1) is 15.4 Å². The zero-order chi connectivity index (χ0) is 10.2. The normalized spacial score (nSPS) is 18.7. The van der Waals surface area contributed by atoms with Crippen molar-refractivity contribution in [2.75, 3.05) is 11.5 Å². The Morgan fingerprint density at radius 3 is 2.71 bits per heavy atom. The van der Waals surface area contributed by atoms with Crippen LogP contribution in [0.5, 0.6) is 0 Å².